The van der Waals surface area contributed by atoms with E-state index in [-0.39, 0.29) is 31.0 Å². The Morgan fingerprint density at radius 3 is 2.15 bits per heavy atom. The summed E-state index contributed by atoms with van der Waals surface area (Å²) in [4.78, 5) is 27.5. The van der Waals surface area contributed by atoms with Crippen LogP contribution in [0, 0.1) is 5.41 Å². The zero-order valence-electron chi connectivity index (χ0n) is 26.5. The third-order valence-electron chi connectivity index (χ3n) is 7.77. The number of nitrogens with two attached hydrogens (primary N) is 2. The van der Waals surface area contributed by atoms with E-state index in [2.05, 4.69) is 15.4 Å². The quantitative estimate of drug-likeness (QED) is 0.0722. The van der Waals surface area contributed by atoms with E-state index in [1.165, 1.54) is 0 Å². The number of carbonyl (C=O) groups excluding carboxylic acids is 2. The third kappa shape index (κ3) is 11.3. The average Bonchev–Trinajstić information content (AvgIpc) is 3.07. The molecule has 2 unspecified atom stereocenters. The summed E-state index contributed by atoms with van der Waals surface area (Å²) in [5.74, 6) is -1.43. The van der Waals surface area contributed by atoms with Crippen LogP contribution < -0.4 is 26.8 Å². The number of nitrogens with one attached hydrogen (secondary N) is 4. The van der Waals surface area contributed by atoms with Crippen molar-refractivity contribution in [1.29, 1.82) is 5.41 Å². The molecule has 2 amide bonds. The van der Waals surface area contributed by atoms with E-state index in [1.54, 1.807) is 60.7 Å². The number of benzene rings is 4. The Balaban J connectivity index is 1.54. The Morgan fingerprint density at radius 2 is 1.46 bits per heavy atom. The second-order valence-electron chi connectivity index (χ2n) is 11.5. The highest BCUT2D eigenvalue weighted by Crippen LogP contribution is 2.18. The van der Waals surface area contributed by atoms with Crippen LogP contribution in [0.15, 0.2) is 103 Å². The van der Waals surface area contributed by atoms with Crippen molar-refractivity contribution >= 4 is 39.3 Å². The molecule has 0 aliphatic heterocycles. The summed E-state index contributed by atoms with van der Waals surface area (Å²) in [5.41, 5.74) is 15.8. The lowest BCUT2D eigenvalue weighted by Gasteiger charge is -2.24. The van der Waals surface area contributed by atoms with Gasteiger partial charge >= 0.3 is 0 Å². The summed E-state index contributed by atoms with van der Waals surface area (Å²) < 4.78 is 29.2. The SMILES string of the molecule is N=C(N)c1ccc(CNC(=O)C(Cc2cccc(CN)c2)NC(=O)C(CCCc2ccccc2Cl)NS(=O)(=O)Cc2ccccc2)cc1. The Bertz CT molecular complexity index is 1800. The molecule has 0 saturated heterocycles. The summed E-state index contributed by atoms with van der Waals surface area (Å²) in [6, 6.07) is 28.2. The average molecular weight is 689 g/mol. The molecule has 0 bridgehead atoms. The van der Waals surface area contributed by atoms with Crippen molar-refractivity contribution in [2.45, 2.75) is 56.6 Å². The zero-order chi connectivity index (χ0) is 34.5. The molecule has 2 atom stereocenters. The predicted octanol–water partition coefficient (Wildman–Crippen LogP) is 3.94. The Morgan fingerprint density at radius 1 is 0.792 bits per heavy atom. The number of halogens is 1. The third-order valence-corrected chi connectivity index (χ3v) is 9.49. The fourth-order valence-corrected chi connectivity index (χ4v) is 6.81. The van der Waals surface area contributed by atoms with Gasteiger partial charge in [-0.3, -0.25) is 15.0 Å². The van der Waals surface area contributed by atoms with Crippen LogP contribution in [-0.4, -0.2) is 38.2 Å². The van der Waals surface area contributed by atoms with Gasteiger partial charge in [-0.2, -0.15) is 0 Å². The van der Waals surface area contributed by atoms with Crippen LogP contribution >= 0.6 is 11.6 Å². The topological polar surface area (TPSA) is 180 Å². The van der Waals surface area contributed by atoms with Crippen molar-refractivity contribution in [3.63, 3.8) is 0 Å². The van der Waals surface area contributed by atoms with E-state index in [0.717, 1.165) is 22.3 Å². The molecule has 8 N–H and O–H groups in total. The molecule has 0 aliphatic carbocycles. The number of sulfonamides is 1. The fraction of sp³-hybridized carbons (Fsp3) is 0.250. The summed E-state index contributed by atoms with van der Waals surface area (Å²) in [6.45, 7) is 0.473. The molecule has 12 heteroatoms. The van der Waals surface area contributed by atoms with Gasteiger partial charge in [0.15, 0.2) is 0 Å². The molecular formula is C36H41ClN6O4S. The first-order valence-electron chi connectivity index (χ1n) is 15.6. The molecule has 0 radical (unpaired) electrons. The molecule has 0 saturated carbocycles. The van der Waals surface area contributed by atoms with Gasteiger partial charge in [0.05, 0.1) is 5.75 Å². The molecule has 0 fully saturated rings. The summed E-state index contributed by atoms with van der Waals surface area (Å²) >= 11 is 6.34. The molecule has 10 nitrogen and oxygen atoms in total. The van der Waals surface area contributed by atoms with Crippen molar-refractivity contribution in [1.82, 2.24) is 15.4 Å². The highest BCUT2D eigenvalue weighted by atomic mass is 35.5. The smallest absolute Gasteiger partial charge is 0.243 e. The van der Waals surface area contributed by atoms with Crippen molar-refractivity contribution in [2.24, 2.45) is 11.5 Å². The lowest BCUT2D eigenvalue weighted by atomic mass is 10.0. The number of rotatable bonds is 17. The standard InChI is InChI=1S/C36H41ClN6O4S/c37-31-14-5-4-12-29(31)13-7-15-32(43-48(46,47)24-26-8-2-1-3-9-26)36(45)42-33(21-27-10-6-11-28(20-27)22-38)35(44)41-23-25-16-18-30(19-17-25)34(39)40/h1-6,8-12,14,16-20,32-33,43H,7,13,15,21-24,38H2,(H3,39,40)(H,41,44)(H,42,45). The Hall–Kier alpha value is -4.55. The number of nitrogen functional groups attached to an aromatic ring is 1. The van der Waals surface area contributed by atoms with Gasteiger partial charge in [-0.1, -0.05) is 109 Å². The molecule has 4 aromatic rings. The molecular weight excluding hydrogens is 648 g/mol. The Labute approximate surface area is 286 Å². The van der Waals surface area contributed by atoms with Gasteiger partial charge in [-0.25, -0.2) is 13.1 Å². The summed E-state index contributed by atoms with van der Waals surface area (Å²) in [5, 5.41) is 13.9. The van der Waals surface area contributed by atoms with E-state index < -0.39 is 33.9 Å². The van der Waals surface area contributed by atoms with Gasteiger partial charge in [0, 0.05) is 30.1 Å². The fourth-order valence-electron chi connectivity index (χ4n) is 5.21. The zero-order valence-corrected chi connectivity index (χ0v) is 28.1. The minimum Gasteiger partial charge on any atom is -0.384 e. The maximum absolute atomic E-state index is 13.9. The van der Waals surface area contributed by atoms with Crippen LogP contribution in [0.25, 0.3) is 0 Å². The number of carbonyl (C=O) groups is 2. The summed E-state index contributed by atoms with van der Waals surface area (Å²) in [6.07, 6.45) is 1.31. The van der Waals surface area contributed by atoms with Crippen molar-refractivity contribution < 1.29 is 18.0 Å². The number of aryl methyl sites for hydroxylation is 1. The van der Waals surface area contributed by atoms with E-state index in [9.17, 15) is 18.0 Å². The van der Waals surface area contributed by atoms with Gasteiger partial charge in [0.1, 0.15) is 17.9 Å². The van der Waals surface area contributed by atoms with Gasteiger partial charge in [0.25, 0.3) is 0 Å². The van der Waals surface area contributed by atoms with Crippen molar-refractivity contribution in [3.05, 3.63) is 142 Å². The van der Waals surface area contributed by atoms with Crippen LogP contribution in [-0.2, 0) is 51.3 Å². The molecule has 0 aliphatic rings. The van der Waals surface area contributed by atoms with Gasteiger partial charge in [-0.05, 0) is 53.1 Å². The molecule has 4 rings (SSSR count). The van der Waals surface area contributed by atoms with Gasteiger partial charge in [0.2, 0.25) is 21.8 Å². The monoisotopic (exact) mass is 688 g/mol. The van der Waals surface area contributed by atoms with E-state index in [4.69, 9.17) is 28.5 Å². The predicted molar refractivity (Wildman–Crippen MR) is 190 cm³/mol. The molecule has 0 aromatic heterocycles. The molecule has 0 spiro atoms. The lowest BCUT2D eigenvalue weighted by Crippen LogP contribution is -2.54. The van der Waals surface area contributed by atoms with Crippen LogP contribution in [0.4, 0.5) is 0 Å². The van der Waals surface area contributed by atoms with Gasteiger partial charge in [-0.15, -0.1) is 0 Å². The van der Waals surface area contributed by atoms with Gasteiger partial charge < -0.3 is 22.1 Å². The van der Waals surface area contributed by atoms with Crippen LogP contribution in [0.3, 0.4) is 0 Å². The maximum atomic E-state index is 13.9. The molecule has 252 valence electrons. The minimum atomic E-state index is -3.94. The first-order chi connectivity index (χ1) is 23.0. The van der Waals surface area contributed by atoms with E-state index in [0.29, 0.717) is 35.5 Å². The maximum Gasteiger partial charge on any atom is 0.243 e. The van der Waals surface area contributed by atoms with Crippen molar-refractivity contribution in [3.8, 4) is 0 Å². The summed E-state index contributed by atoms with van der Waals surface area (Å²) in [7, 11) is -3.94. The Kier molecular flexibility index (Phi) is 13.3. The number of amidine groups is 1. The highest BCUT2D eigenvalue weighted by Gasteiger charge is 2.29. The lowest BCUT2D eigenvalue weighted by molar-refractivity contribution is -0.130. The molecule has 4 aromatic carbocycles. The second-order valence-corrected chi connectivity index (χ2v) is 13.7. The first kappa shape index (κ1) is 36.3. The van der Waals surface area contributed by atoms with E-state index in [1.807, 2.05) is 42.5 Å². The van der Waals surface area contributed by atoms with Crippen molar-refractivity contribution in [2.75, 3.05) is 0 Å². The highest BCUT2D eigenvalue weighted by molar-refractivity contribution is 7.88. The largest absolute Gasteiger partial charge is 0.384 e. The minimum absolute atomic E-state index is 0.0612. The number of hydrogen-bond donors (Lipinski definition) is 6. The first-order valence-corrected chi connectivity index (χ1v) is 17.6. The number of hydrogen-bond acceptors (Lipinski definition) is 6. The van der Waals surface area contributed by atoms with E-state index >= 15 is 0 Å². The second kappa shape index (κ2) is 17.6. The molecule has 48 heavy (non-hydrogen) atoms. The van der Waals surface area contributed by atoms with Crippen LogP contribution in [0.2, 0.25) is 5.02 Å². The normalized spacial score (nSPS) is 12.5. The number of amides is 2. The van der Waals surface area contributed by atoms with Crippen LogP contribution in [0.5, 0.6) is 0 Å². The van der Waals surface area contributed by atoms with Crippen LogP contribution in [0.1, 0.15) is 46.2 Å². The molecule has 0 heterocycles.